The summed E-state index contributed by atoms with van der Waals surface area (Å²) < 4.78 is 11.9. The number of thiophene rings is 1. The molecule has 4 heterocycles. The van der Waals surface area contributed by atoms with Crippen LogP contribution >= 0.6 is 23.1 Å². The third kappa shape index (κ3) is 3.28. The van der Waals surface area contributed by atoms with Crippen molar-refractivity contribution in [1.29, 1.82) is 0 Å². The van der Waals surface area contributed by atoms with E-state index in [4.69, 9.17) is 14.5 Å². The van der Waals surface area contributed by atoms with Gasteiger partial charge in [0, 0.05) is 17.4 Å². The molecule has 136 valence electrons. The maximum absolute atomic E-state index is 11.7. The number of fused-ring (bicyclic) bond motifs is 4. The predicted molar refractivity (Wildman–Crippen MR) is 103 cm³/mol. The third-order valence-electron chi connectivity index (χ3n) is 4.22. The molecule has 0 N–H and O–H groups in total. The summed E-state index contributed by atoms with van der Waals surface area (Å²) in [5, 5.41) is 1.81. The molecule has 3 aromatic rings. The Hall–Kier alpha value is -1.77. The highest BCUT2D eigenvalue weighted by molar-refractivity contribution is 8.00. The van der Waals surface area contributed by atoms with Crippen molar-refractivity contribution in [3.8, 4) is 0 Å². The molecule has 6 nitrogen and oxygen atoms in total. The Kier molecular flexibility index (Phi) is 4.58. The first-order valence-corrected chi connectivity index (χ1v) is 10.3. The monoisotopic (exact) mass is 389 g/mol. The van der Waals surface area contributed by atoms with Crippen molar-refractivity contribution in [2.24, 2.45) is 0 Å². The van der Waals surface area contributed by atoms with Gasteiger partial charge < -0.3 is 9.47 Å². The van der Waals surface area contributed by atoms with E-state index in [1.165, 1.54) is 11.8 Å². The number of thioether (sulfide) groups is 1. The Bertz CT molecular complexity index is 1000. The number of nitrogens with zero attached hydrogens (tertiary/aromatic N) is 3. The van der Waals surface area contributed by atoms with Crippen LogP contribution in [0.5, 0.6) is 0 Å². The first kappa shape index (κ1) is 17.6. The molecule has 0 amide bonds. The fourth-order valence-corrected chi connectivity index (χ4v) is 5.00. The molecule has 1 aliphatic rings. The summed E-state index contributed by atoms with van der Waals surface area (Å²) in [4.78, 5) is 26.3. The second kappa shape index (κ2) is 6.75. The van der Waals surface area contributed by atoms with Gasteiger partial charge in [-0.1, -0.05) is 11.8 Å². The summed E-state index contributed by atoms with van der Waals surface area (Å²) in [5.41, 5.74) is 2.90. The molecule has 0 unspecified atom stereocenters. The molecular weight excluding hydrogens is 370 g/mol. The number of carbonyl (C=O) groups is 1. The van der Waals surface area contributed by atoms with Gasteiger partial charge in [-0.15, -0.1) is 11.3 Å². The molecule has 0 atom stereocenters. The first-order valence-electron chi connectivity index (χ1n) is 8.45. The van der Waals surface area contributed by atoms with Crippen LogP contribution in [0.15, 0.2) is 17.4 Å². The highest BCUT2D eigenvalue weighted by atomic mass is 32.2. The summed E-state index contributed by atoms with van der Waals surface area (Å²) in [6.45, 7) is 6.92. The molecule has 1 aliphatic heterocycles. The highest BCUT2D eigenvalue weighted by Gasteiger charge is 2.28. The zero-order chi connectivity index (χ0) is 18.3. The summed E-state index contributed by atoms with van der Waals surface area (Å²) in [5.74, 6) is -0.00138. The molecule has 0 aliphatic carbocycles. The summed E-state index contributed by atoms with van der Waals surface area (Å²) in [6, 6.07) is 2.14. The van der Waals surface area contributed by atoms with E-state index in [1.54, 1.807) is 24.6 Å². The third-order valence-corrected chi connectivity index (χ3v) is 6.41. The average molecular weight is 390 g/mol. The van der Waals surface area contributed by atoms with Gasteiger partial charge in [-0.3, -0.25) is 4.79 Å². The lowest BCUT2D eigenvalue weighted by Gasteiger charge is -2.30. The molecule has 0 fully saturated rings. The Balaban J connectivity index is 1.74. The van der Waals surface area contributed by atoms with Crippen molar-refractivity contribution in [3.05, 3.63) is 23.7 Å². The van der Waals surface area contributed by atoms with Crippen LogP contribution in [0.3, 0.4) is 0 Å². The molecular formula is C18H19N3O3S2. The summed E-state index contributed by atoms with van der Waals surface area (Å²) in [7, 11) is 0. The number of aromatic nitrogens is 3. The van der Waals surface area contributed by atoms with E-state index in [9.17, 15) is 4.79 Å². The number of esters is 1. The Morgan fingerprint density at radius 2 is 2.27 bits per heavy atom. The van der Waals surface area contributed by atoms with Crippen LogP contribution in [-0.4, -0.2) is 38.9 Å². The van der Waals surface area contributed by atoms with E-state index in [1.807, 2.05) is 0 Å². The van der Waals surface area contributed by atoms with Crippen LogP contribution < -0.4 is 0 Å². The highest BCUT2D eigenvalue weighted by Crippen LogP contribution is 2.38. The van der Waals surface area contributed by atoms with Gasteiger partial charge >= 0.3 is 5.97 Å². The maximum atomic E-state index is 11.7. The fraction of sp³-hybridized carbons (Fsp3) is 0.444. The van der Waals surface area contributed by atoms with Gasteiger partial charge in [0.25, 0.3) is 0 Å². The second-order valence-electron chi connectivity index (χ2n) is 6.72. The smallest absolute Gasteiger partial charge is 0.316 e. The Morgan fingerprint density at radius 3 is 3.08 bits per heavy atom. The van der Waals surface area contributed by atoms with E-state index in [2.05, 4.69) is 29.9 Å². The number of hydrogen-bond acceptors (Lipinski definition) is 8. The van der Waals surface area contributed by atoms with Gasteiger partial charge in [0.1, 0.15) is 16.2 Å². The van der Waals surface area contributed by atoms with Gasteiger partial charge in [0.2, 0.25) is 0 Å². The number of hydrogen-bond donors (Lipinski definition) is 0. The molecule has 0 radical (unpaired) electrons. The zero-order valence-electron chi connectivity index (χ0n) is 14.9. The molecule has 4 rings (SSSR count). The van der Waals surface area contributed by atoms with Gasteiger partial charge in [-0.2, -0.15) is 0 Å². The lowest BCUT2D eigenvalue weighted by atomic mass is 9.95. The zero-order valence-corrected chi connectivity index (χ0v) is 16.5. The van der Waals surface area contributed by atoms with E-state index >= 15 is 0 Å². The lowest BCUT2D eigenvalue weighted by Crippen LogP contribution is -2.32. The second-order valence-corrected chi connectivity index (χ2v) is 8.69. The van der Waals surface area contributed by atoms with E-state index < -0.39 is 0 Å². The molecule has 0 saturated heterocycles. The standard InChI is InChI=1S/C18H19N3O3S2/c1-4-23-13(22)8-25-17-15-14(19-9-20-17)11-5-10-7-24-18(2,3)6-12(10)21-16(11)26-15/h5,9H,4,6-8H2,1-3H3. The van der Waals surface area contributed by atoms with Crippen LogP contribution in [0, 0.1) is 0 Å². The van der Waals surface area contributed by atoms with Crippen molar-refractivity contribution in [1.82, 2.24) is 15.0 Å². The molecule has 0 bridgehead atoms. The minimum atomic E-state index is -0.238. The van der Waals surface area contributed by atoms with Crippen molar-refractivity contribution in [2.75, 3.05) is 12.4 Å². The van der Waals surface area contributed by atoms with Gasteiger partial charge in [0.15, 0.2) is 0 Å². The molecule has 3 aromatic heterocycles. The van der Waals surface area contributed by atoms with Crippen LogP contribution in [0.2, 0.25) is 0 Å². The topological polar surface area (TPSA) is 74.2 Å². The quantitative estimate of drug-likeness (QED) is 0.382. The fourth-order valence-electron chi connectivity index (χ4n) is 3.00. The van der Waals surface area contributed by atoms with Crippen molar-refractivity contribution in [2.45, 2.75) is 44.4 Å². The SMILES string of the molecule is CCOC(=O)CSc1ncnc2c1sc1nc3c(cc12)COC(C)(C)C3. The molecule has 0 aromatic carbocycles. The summed E-state index contributed by atoms with van der Waals surface area (Å²) in [6.07, 6.45) is 2.34. The first-order chi connectivity index (χ1) is 12.5. The minimum absolute atomic E-state index is 0.190. The molecule has 8 heteroatoms. The Morgan fingerprint density at radius 1 is 1.42 bits per heavy atom. The van der Waals surface area contributed by atoms with E-state index in [0.717, 1.165) is 43.1 Å². The van der Waals surface area contributed by atoms with Crippen molar-refractivity contribution < 1.29 is 14.3 Å². The minimum Gasteiger partial charge on any atom is -0.465 e. The van der Waals surface area contributed by atoms with Gasteiger partial charge in [0.05, 0.1) is 40.5 Å². The largest absolute Gasteiger partial charge is 0.465 e. The van der Waals surface area contributed by atoms with E-state index in [0.29, 0.717) is 13.2 Å². The van der Waals surface area contributed by atoms with Crippen LogP contribution in [0.1, 0.15) is 32.0 Å². The average Bonchev–Trinajstić information content (AvgIpc) is 2.95. The molecule has 0 spiro atoms. The van der Waals surface area contributed by atoms with Crippen LogP contribution in [0.4, 0.5) is 0 Å². The number of carbonyl (C=O) groups excluding carboxylic acids is 1. The van der Waals surface area contributed by atoms with Crippen molar-refractivity contribution in [3.63, 3.8) is 0 Å². The summed E-state index contributed by atoms with van der Waals surface area (Å²) >= 11 is 2.95. The van der Waals surface area contributed by atoms with Gasteiger partial charge in [-0.05, 0) is 26.8 Å². The molecule has 26 heavy (non-hydrogen) atoms. The Labute approximate surface area is 159 Å². The van der Waals surface area contributed by atoms with E-state index in [-0.39, 0.29) is 17.3 Å². The number of rotatable bonds is 4. The van der Waals surface area contributed by atoms with Crippen molar-refractivity contribution >= 4 is 49.5 Å². The van der Waals surface area contributed by atoms with Crippen LogP contribution in [0.25, 0.3) is 20.4 Å². The normalized spacial score (nSPS) is 16.0. The number of pyridine rings is 1. The van der Waals surface area contributed by atoms with Crippen LogP contribution in [-0.2, 0) is 27.3 Å². The molecule has 0 saturated carbocycles. The van der Waals surface area contributed by atoms with Gasteiger partial charge in [-0.25, -0.2) is 15.0 Å². The predicted octanol–water partition coefficient (Wildman–Crippen LogP) is 3.75. The lowest BCUT2D eigenvalue weighted by molar-refractivity contribution is -0.139. The maximum Gasteiger partial charge on any atom is 0.316 e. The number of ether oxygens (including phenoxy) is 2.